The molecule has 1 aromatic heterocycles. The van der Waals surface area contributed by atoms with Crippen LogP contribution in [0.15, 0.2) is 42.7 Å². The number of aromatic nitrogens is 1. The molecule has 0 aliphatic carbocycles. The van der Waals surface area contributed by atoms with Gasteiger partial charge < -0.3 is 0 Å². The fourth-order valence-electron chi connectivity index (χ4n) is 1.45. The molecule has 0 unspecified atom stereocenters. The maximum atomic E-state index is 11.8. The molecule has 2 N–H and O–H groups in total. The summed E-state index contributed by atoms with van der Waals surface area (Å²) in [6.45, 7) is 0. The lowest BCUT2D eigenvalue weighted by Crippen LogP contribution is -2.41. The Labute approximate surface area is 124 Å². The molecule has 102 valence electrons. The van der Waals surface area contributed by atoms with E-state index >= 15 is 0 Å². The fraction of sp³-hybridized carbons (Fsp3) is 0. The lowest BCUT2D eigenvalue weighted by molar-refractivity contribution is 0.0846. The topological polar surface area (TPSA) is 71.1 Å². The normalized spacial score (nSPS) is 9.90. The number of benzene rings is 1. The Morgan fingerprint density at radius 3 is 1.90 bits per heavy atom. The fourth-order valence-corrected chi connectivity index (χ4v) is 1.97. The van der Waals surface area contributed by atoms with Crippen molar-refractivity contribution in [2.75, 3.05) is 0 Å². The van der Waals surface area contributed by atoms with Crippen molar-refractivity contribution < 1.29 is 9.59 Å². The van der Waals surface area contributed by atoms with Crippen LogP contribution in [0.3, 0.4) is 0 Å². The molecule has 7 heteroatoms. The summed E-state index contributed by atoms with van der Waals surface area (Å²) in [6, 6.07) is 7.45. The number of rotatable bonds is 2. The molecule has 1 heterocycles. The summed E-state index contributed by atoms with van der Waals surface area (Å²) in [5, 5.41) is 0.672. The average molecular weight is 310 g/mol. The molecule has 0 atom stereocenters. The summed E-state index contributed by atoms with van der Waals surface area (Å²) < 4.78 is 0. The van der Waals surface area contributed by atoms with Gasteiger partial charge in [-0.2, -0.15) is 0 Å². The smallest absolute Gasteiger partial charge is 0.267 e. The lowest BCUT2D eigenvalue weighted by Gasteiger charge is -2.07. The highest BCUT2D eigenvalue weighted by atomic mass is 35.5. The van der Waals surface area contributed by atoms with E-state index in [1.54, 1.807) is 0 Å². The van der Waals surface area contributed by atoms with Crippen molar-refractivity contribution in [1.29, 1.82) is 0 Å². The standard InChI is InChI=1S/C13H9Cl2N3O2/c14-10-5-9(6-11(15)7-10)13(20)18-17-12(19)8-1-3-16-4-2-8/h1-7H,(H,17,19)(H,18,20). The molecule has 5 nitrogen and oxygen atoms in total. The van der Waals surface area contributed by atoms with E-state index < -0.39 is 11.8 Å². The van der Waals surface area contributed by atoms with Crippen molar-refractivity contribution in [3.63, 3.8) is 0 Å². The third kappa shape index (κ3) is 3.69. The van der Waals surface area contributed by atoms with Crippen LogP contribution in [0.5, 0.6) is 0 Å². The second kappa shape index (κ2) is 6.36. The summed E-state index contributed by atoms with van der Waals surface area (Å²) in [6.07, 6.45) is 2.96. The van der Waals surface area contributed by atoms with Gasteiger partial charge >= 0.3 is 0 Å². The Kier molecular flexibility index (Phi) is 4.55. The van der Waals surface area contributed by atoms with E-state index in [4.69, 9.17) is 23.2 Å². The van der Waals surface area contributed by atoms with Crippen LogP contribution in [-0.4, -0.2) is 16.8 Å². The summed E-state index contributed by atoms with van der Waals surface area (Å²) in [5.41, 5.74) is 5.19. The second-order valence-corrected chi connectivity index (χ2v) is 4.68. The first-order valence-electron chi connectivity index (χ1n) is 5.53. The SMILES string of the molecule is O=C(NNC(=O)c1cc(Cl)cc(Cl)c1)c1ccncc1. The predicted octanol–water partition coefficient (Wildman–Crippen LogP) is 2.46. The van der Waals surface area contributed by atoms with Gasteiger partial charge in [0.1, 0.15) is 0 Å². The zero-order chi connectivity index (χ0) is 14.5. The van der Waals surface area contributed by atoms with Crippen LogP contribution in [0.2, 0.25) is 10.0 Å². The van der Waals surface area contributed by atoms with Gasteiger partial charge in [0.05, 0.1) is 0 Å². The molecular weight excluding hydrogens is 301 g/mol. The molecule has 20 heavy (non-hydrogen) atoms. The number of carbonyl (C=O) groups is 2. The van der Waals surface area contributed by atoms with Gasteiger partial charge in [-0.3, -0.25) is 25.4 Å². The highest BCUT2D eigenvalue weighted by molar-refractivity contribution is 6.35. The Morgan fingerprint density at radius 2 is 1.35 bits per heavy atom. The number of nitrogens with one attached hydrogen (secondary N) is 2. The minimum Gasteiger partial charge on any atom is -0.267 e. The number of nitrogens with zero attached hydrogens (tertiary/aromatic N) is 1. The van der Waals surface area contributed by atoms with E-state index in [2.05, 4.69) is 15.8 Å². The molecule has 0 aliphatic rings. The van der Waals surface area contributed by atoms with E-state index in [-0.39, 0.29) is 5.56 Å². The summed E-state index contributed by atoms with van der Waals surface area (Å²) in [5.74, 6) is -0.967. The van der Waals surface area contributed by atoms with Crippen molar-refractivity contribution in [3.05, 3.63) is 63.9 Å². The lowest BCUT2D eigenvalue weighted by atomic mass is 10.2. The molecule has 2 rings (SSSR count). The summed E-state index contributed by atoms with van der Waals surface area (Å²) in [4.78, 5) is 27.3. The minimum atomic E-state index is -0.517. The molecule has 0 fully saturated rings. The first-order valence-corrected chi connectivity index (χ1v) is 6.28. The third-order valence-corrected chi connectivity index (χ3v) is 2.79. The molecule has 0 radical (unpaired) electrons. The van der Waals surface area contributed by atoms with Crippen LogP contribution in [0.25, 0.3) is 0 Å². The molecule has 1 aromatic carbocycles. The molecule has 0 saturated carbocycles. The van der Waals surface area contributed by atoms with Gasteiger partial charge in [0, 0.05) is 33.6 Å². The quantitative estimate of drug-likeness (QED) is 0.837. The second-order valence-electron chi connectivity index (χ2n) is 3.80. The van der Waals surface area contributed by atoms with Gasteiger partial charge in [0.2, 0.25) is 0 Å². The van der Waals surface area contributed by atoms with Gasteiger partial charge in [-0.1, -0.05) is 23.2 Å². The molecular formula is C13H9Cl2N3O2. The van der Waals surface area contributed by atoms with Gasteiger partial charge in [-0.05, 0) is 30.3 Å². The number of hydrogen-bond acceptors (Lipinski definition) is 3. The number of hydrogen-bond donors (Lipinski definition) is 2. The maximum absolute atomic E-state index is 11.8. The van der Waals surface area contributed by atoms with E-state index in [0.29, 0.717) is 15.6 Å². The maximum Gasteiger partial charge on any atom is 0.269 e. The molecule has 0 saturated heterocycles. The number of amides is 2. The summed E-state index contributed by atoms with van der Waals surface area (Å²) in [7, 11) is 0. The number of pyridine rings is 1. The first kappa shape index (κ1) is 14.3. The first-order chi connectivity index (χ1) is 9.56. The Hall–Kier alpha value is -2.11. The van der Waals surface area contributed by atoms with E-state index in [9.17, 15) is 9.59 Å². The average Bonchev–Trinajstić information content (AvgIpc) is 2.44. The number of halogens is 2. The molecule has 0 aliphatic heterocycles. The van der Waals surface area contributed by atoms with Crippen LogP contribution in [0.1, 0.15) is 20.7 Å². The Bertz CT molecular complexity index is 627. The van der Waals surface area contributed by atoms with Crippen molar-refractivity contribution in [2.24, 2.45) is 0 Å². The zero-order valence-corrected chi connectivity index (χ0v) is 11.6. The highest BCUT2D eigenvalue weighted by Gasteiger charge is 2.10. The van der Waals surface area contributed by atoms with E-state index in [1.165, 1.54) is 42.7 Å². The number of hydrazine groups is 1. The van der Waals surface area contributed by atoms with Gasteiger partial charge in [-0.25, -0.2) is 0 Å². The van der Waals surface area contributed by atoms with Crippen molar-refractivity contribution in [3.8, 4) is 0 Å². The van der Waals surface area contributed by atoms with Crippen LogP contribution < -0.4 is 10.9 Å². The van der Waals surface area contributed by atoms with E-state index in [0.717, 1.165) is 0 Å². The van der Waals surface area contributed by atoms with E-state index in [1.807, 2.05) is 0 Å². The molecule has 2 aromatic rings. The Morgan fingerprint density at radius 1 is 0.850 bits per heavy atom. The monoisotopic (exact) mass is 309 g/mol. The van der Waals surface area contributed by atoms with Gasteiger partial charge in [0.15, 0.2) is 0 Å². The molecule has 2 amide bonds. The van der Waals surface area contributed by atoms with Crippen LogP contribution in [-0.2, 0) is 0 Å². The predicted molar refractivity (Wildman–Crippen MR) is 75.6 cm³/mol. The minimum absolute atomic E-state index is 0.248. The summed E-state index contributed by atoms with van der Waals surface area (Å²) >= 11 is 11.6. The van der Waals surface area contributed by atoms with Crippen LogP contribution >= 0.6 is 23.2 Å². The van der Waals surface area contributed by atoms with Gasteiger partial charge in [-0.15, -0.1) is 0 Å². The molecule has 0 spiro atoms. The largest absolute Gasteiger partial charge is 0.269 e. The molecule has 0 bridgehead atoms. The van der Waals surface area contributed by atoms with Crippen molar-refractivity contribution in [1.82, 2.24) is 15.8 Å². The van der Waals surface area contributed by atoms with Crippen molar-refractivity contribution in [2.45, 2.75) is 0 Å². The third-order valence-electron chi connectivity index (χ3n) is 2.36. The highest BCUT2D eigenvalue weighted by Crippen LogP contribution is 2.18. The van der Waals surface area contributed by atoms with Crippen LogP contribution in [0, 0.1) is 0 Å². The van der Waals surface area contributed by atoms with Gasteiger partial charge in [0.25, 0.3) is 11.8 Å². The van der Waals surface area contributed by atoms with Crippen LogP contribution in [0.4, 0.5) is 0 Å². The number of carbonyl (C=O) groups excluding carboxylic acids is 2. The Balaban J connectivity index is 2.00. The zero-order valence-electron chi connectivity index (χ0n) is 10.1. The van der Waals surface area contributed by atoms with Crippen molar-refractivity contribution >= 4 is 35.0 Å².